The molecule has 0 atom stereocenters. The van der Waals surface area contributed by atoms with Gasteiger partial charge in [0.25, 0.3) is 0 Å². The van der Waals surface area contributed by atoms with Crippen molar-refractivity contribution >= 4 is 28.8 Å². The highest BCUT2D eigenvalue weighted by Crippen LogP contribution is 2.40. The van der Waals surface area contributed by atoms with Crippen LogP contribution in [-0.2, 0) is 15.7 Å². The molecule has 2 aromatic carbocycles. The molecule has 5 nitrogen and oxygen atoms in total. The number of benzene rings is 2. The molecule has 0 radical (unpaired) electrons. The van der Waals surface area contributed by atoms with Crippen LogP contribution in [-0.4, -0.2) is 38.0 Å². The first-order valence-corrected chi connectivity index (χ1v) is 9.14. The van der Waals surface area contributed by atoms with Crippen molar-refractivity contribution in [2.45, 2.75) is 20.0 Å². The molecule has 1 fully saturated rings. The molecule has 0 bridgehead atoms. The smallest absolute Gasteiger partial charge is 0.378 e. The van der Waals surface area contributed by atoms with Gasteiger partial charge in [-0.15, -0.1) is 0 Å². The number of ether oxygens (including phenoxy) is 1. The van der Waals surface area contributed by atoms with Gasteiger partial charge >= 0.3 is 6.18 Å². The van der Waals surface area contributed by atoms with Gasteiger partial charge in [0.05, 0.1) is 18.8 Å². The summed E-state index contributed by atoms with van der Waals surface area (Å²) >= 11 is 0. The summed E-state index contributed by atoms with van der Waals surface area (Å²) in [5, 5.41) is 0. The Kier molecular flexibility index (Phi) is 5.93. The summed E-state index contributed by atoms with van der Waals surface area (Å²) in [7, 11) is 0. The number of morpholine rings is 1. The van der Waals surface area contributed by atoms with E-state index in [1.165, 1.54) is 36.9 Å². The number of amides is 1. The number of carbonyl (C=O) groups excluding carboxylic acids is 2. The SMILES string of the molecule is CC(=O)c1cccc(N(C(C)=O)c2ccc(N3CCOCC3)c(C(F)(F)F)c2)c1. The standard InChI is InChI=1S/C21H21F3N2O3/c1-14(27)16-4-3-5-17(12-16)26(15(2)28)18-6-7-20(19(13-18)21(22,23)24)25-8-10-29-11-9-25/h3-7,12-13H,8-11H2,1-2H3. The Balaban J connectivity index is 2.09. The van der Waals surface area contributed by atoms with Crippen LogP contribution in [0.2, 0.25) is 0 Å². The van der Waals surface area contributed by atoms with Crippen LogP contribution in [0.3, 0.4) is 0 Å². The maximum atomic E-state index is 13.8. The summed E-state index contributed by atoms with van der Waals surface area (Å²) in [6.45, 7) is 4.09. The molecule has 0 saturated carbocycles. The molecule has 29 heavy (non-hydrogen) atoms. The van der Waals surface area contributed by atoms with Crippen molar-refractivity contribution < 1.29 is 27.5 Å². The predicted octanol–water partition coefficient (Wildman–Crippen LogP) is 4.43. The molecule has 0 aliphatic carbocycles. The molecule has 1 aliphatic rings. The fourth-order valence-electron chi connectivity index (χ4n) is 3.35. The Hall–Kier alpha value is -2.87. The minimum absolute atomic E-state index is 0.0607. The summed E-state index contributed by atoms with van der Waals surface area (Å²) in [6, 6.07) is 10.1. The van der Waals surface area contributed by atoms with Crippen molar-refractivity contribution in [1.82, 2.24) is 0 Å². The number of hydrogen-bond acceptors (Lipinski definition) is 4. The quantitative estimate of drug-likeness (QED) is 0.705. The van der Waals surface area contributed by atoms with E-state index in [1.54, 1.807) is 23.1 Å². The van der Waals surface area contributed by atoms with Crippen LogP contribution in [0.1, 0.15) is 29.8 Å². The first-order valence-electron chi connectivity index (χ1n) is 9.14. The zero-order valence-electron chi connectivity index (χ0n) is 16.1. The lowest BCUT2D eigenvalue weighted by molar-refractivity contribution is -0.137. The predicted molar refractivity (Wildman–Crippen MR) is 104 cm³/mol. The molecule has 0 spiro atoms. The van der Waals surface area contributed by atoms with Crippen LogP contribution in [0, 0.1) is 0 Å². The molecule has 0 unspecified atom stereocenters. The van der Waals surface area contributed by atoms with E-state index >= 15 is 0 Å². The molecule has 1 saturated heterocycles. The summed E-state index contributed by atoms with van der Waals surface area (Å²) in [5.74, 6) is -0.660. The van der Waals surface area contributed by atoms with Crippen molar-refractivity contribution in [2.24, 2.45) is 0 Å². The largest absolute Gasteiger partial charge is 0.418 e. The second-order valence-electron chi connectivity index (χ2n) is 6.76. The molecule has 3 rings (SSSR count). The number of rotatable bonds is 4. The van der Waals surface area contributed by atoms with E-state index in [0.29, 0.717) is 37.6 Å². The Morgan fingerprint density at radius 1 is 1.00 bits per heavy atom. The molecule has 0 N–H and O–H groups in total. The fourth-order valence-corrected chi connectivity index (χ4v) is 3.35. The van der Waals surface area contributed by atoms with Crippen LogP contribution in [0.5, 0.6) is 0 Å². The fraction of sp³-hybridized carbons (Fsp3) is 0.333. The Morgan fingerprint density at radius 3 is 2.24 bits per heavy atom. The summed E-state index contributed by atoms with van der Waals surface area (Å²) in [5.41, 5.74) is 0.0335. The minimum Gasteiger partial charge on any atom is -0.378 e. The first kappa shape index (κ1) is 20.9. The Bertz CT molecular complexity index is 922. The van der Waals surface area contributed by atoms with Gasteiger partial charge in [-0.1, -0.05) is 12.1 Å². The van der Waals surface area contributed by atoms with Crippen molar-refractivity contribution in [3.05, 3.63) is 53.6 Å². The van der Waals surface area contributed by atoms with Gasteiger partial charge in [0.15, 0.2) is 5.78 Å². The van der Waals surface area contributed by atoms with Crippen molar-refractivity contribution in [3.63, 3.8) is 0 Å². The number of hydrogen-bond donors (Lipinski definition) is 0. The highest BCUT2D eigenvalue weighted by atomic mass is 19.4. The van der Waals surface area contributed by atoms with Gasteiger partial charge in [-0.2, -0.15) is 13.2 Å². The van der Waals surface area contributed by atoms with Gasteiger partial charge in [0, 0.05) is 42.6 Å². The lowest BCUT2D eigenvalue weighted by atomic mass is 10.1. The zero-order chi connectivity index (χ0) is 21.2. The van der Waals surface area contributed by atoms with E-state index in [2.05, 4.69) is 0 Å². The molecule has 2 aromatic rings. The molecule has 1 heterocycles. The van der Waals surface area contributed by atoms with E-state index in [4.69, 9.17) is 4.74 Å². The third-order valence-electron chi connectivity index (χ3n) is 4.72. The third-order valence-corrected chi connectivity index (χ3v) is 4.72. The second kappa shape index (κ2) is 8.24. The second-order valence-corrected chi connectivity index (χ2v) is 6.76. The van der Waals surface area contributed by atoms with Crippen LogP contribution < -0.4 is 9.80 Å². The summed E-state index contributed by atoms with van der Waals surface area (Å²) < 4.78 is 46.7. The number of nitrogens with zero attached hydrogens (tertiary/aromatic N) is 2. The molecule has 154 valence electrons. The van der Waals surface area contributed by atoms with Gasteiger partial charge in [0.2, 0.25) is 5.91 Å². The Labute approximate surface area is 166 Å². The average molecular weight is 406 g/mol. The van der Waals surface area contributed by atoms with E-state index < -0.39 is 17.6 Å². The van der Waals surface area contributed by atoms with E-state index in [9.17, 15) is 22.8 Å². The number of Topliss-reactive ketones (excluding diaryl/α,β-unsaturated/α-hetero) is 1. The maximum Gasteiger partial charge on any atom is 0.418 e. The molecular formula is C21H21F3N2O3. The normalized spacial score (nSPS) is 14.6. The minimum atomic E-state index is -4.59. The molecule has 0 aromatic heterocycles. The lowest BCUT2D eigenvalue weighted by Gasteiger charge is -2.32. The van der Waals surface area contributed by atoms with Crippen LogP contribution in [0.15, 0.2) is 42.5 Å². The maximum absolute atomic E-state index is 13.8. The molecule has 1 aliphatic heterocycles. The van der Waals surface area contributed by atoms with Crippen molar-refractivity contribution in [1.29, 1.82) is 0 Å². The van der Waals surface area contributed by atoms with Crippen molar-refractivity contribution in [3.8, 4) is 0 Å². The van der Waals surface area contributed by atoms with Gasteiger partial charge in [-0.25, -0.2) is 0 Å². The number of carbonyl (C=O) groups is 2. The Morgan fingerprint density at radius 2 is 1.66 bits per heavy atom. The summed E-state index contributed by atoms with van der Waals surface area (Å²) in [4.78, 5) is 26.8. The lowest BCUT2D eigenvalue weighted by Crippen LogP contribution is -2.37. The highest BCUT2D eigenvalue weighted by Gasteiger charge is 2.36. The number of ketones is 1. The zero-order valence-corrected chi connectivity index (χ0v) is 16.1. The average Bonchev–Trinajstić information content (AvgIpc) is 2.68. The monoisotopic (exact) mass is 406 g/mol. The molecule has 1 amide bonds. The van der Waals surface area contributed by atoms with E-state index in [-0.39, 0.29) is 17.2 Å². The van der Waals surface area contributed by atoms with Crippen molar-refractivity contribution in [2.75, 3.05) is 36.1 Å². The van der Waals surface area contributed by atoms with E-state index in [1.807, 2.05) is 0 Å². The molecule has 8 heteroatoms. The van der Waals surface area contributed by atoms with Crippen LogP contribution >= 0.6 is 0 Å². The number of alkyl halides is 3. The van der Waals surface area contributed by atoms with Gasteiger partial charge in [-0.3, -0.25) is 14.5 Å². The topological polar surface area (TPSA) is 49.9 Å². The van der Waals surface area contributed by atoms with Gasteiger partial charge in [-0.05, 0) is 37.3 Å². The van der Waals surface area contributed by atoms with Gasteiger partial charge < -0.3 is 9.64 Å². The van der Waals surface area contributed by atoms with Gasteiger partial charge in [0.1, 0.15) is 0 Å². The van der Waals surface area contributed by atoms with E-state index in [0.717, 1.165) is 6.07 Å². The number of halogens is 3. The first-order chi connectivity index (χ1) is 13.7. The number of anilines is 3. The third kappa shape index (κ3) is 4.59. The molecular weight excluding hydrogens is 385 g/mol. The van der Waals surface area contributed by atoms with Crippen LogP contribution in [0.4, 0.5) is 30.2 Å². The van der Waals surface area contributed by atoms with Crippen LogP contribution in [0.25, 0.3) is 0 Å². The summed E-state index contributed by atoms with van der Waals surface area (Å²) in [6.07, 6.45) is -4.59. The highest BCUT2D eigenvalue weighted by molar-refractivity contribution is 6.01.